The summed E-state index contributed by atoms with van der Waals surface area (Å²) in [4.78, 5) is 12.0. The Bertz CT molecular complexity index is 679. The van der Waals surface area contributed by atoms with E-state index in [2.05, 4.69) is 20.1 Å². The molecule has 4 rings (SSSR count). The third-order valence-electron chi connectivity index (χ3n) is 3.33. The van der Waals surface area contributed by atoms with E-state index in [0.29, 0.717) is 24.1 Å². The molecule has 2 aromatic heterocycles. The van der Waals surface area contributed by atoms with Gasteiger partial charge in [-0.15, -0.1) is 0 Å². The topological polar surface area (TPSA) is 76.8 Å². The molecule has 1 atom stereocenters. The van der Waals surface area contributed by atoms with Crippen LogP contribution in [-0.4, -0.2) is 33.3 Å². The molecule has 96 valence electrons. The molecule has 1 aliphatic rings. The minimum absolute atomic E-state index is 0.238. The summed E-state index contributed by atoms with van der Waals surface area (Å²) in [6.45, 7) is 1.43. The maximum absolute atomic E-state index is 5.33. The Morgan fingerprint density at radius 1 is 1.21 bits per heavy atom. The number of H-pyrrole nitrogens is 1. The summed E-state index contributed by atoms with van der Waals surface area (Å²) in [6.07, 6.45) is 0.944. The van der Waals surface area contributed by atoms with Gasteiger partial charge >= 0.3 is 0 Å². The molecule has 0 amide bonds. The summed E-state index contributed by atoms with van der Waals surface area (Å²) in [5.74, 6) is 1.98. The van der Waals surface area contributed by atoms with E-state index in [4.69, 9.17) is 9.26 Å². The van der Waals surface area contributed by atoms with Gasteiger partial charge in [-0.3, -0.25) is 0 Å². The average molecular weight is 256 g/mol. The molecule has 1 aliphatic heterocycles. The number of benzene rings is 1. The highest BCUT2D eigenvalue weighted by atomic mass is 16.5. The summed E-state index contributed by atoms with van der Waals surface area (Å²) in [5.41, 5.74) is 1.85. The predicted molar refractivity (Wildman–Crippen MR) is 67.6 cm³/mol. The van der Waals surface area contributed by atoms with Crippen LogP contribution < -0.4 is 0 Å². The van der Waals surface area contributed by atoms with Gasteiger partial charge in [-0.2, -0.15) is 4.98 Å². The number of fused-ring (bicyclic) bond motifs is 1. The molecular formula is C13H12N4O2. The molecule has 3 heterocycles. The van der Waals surface area contributed by atoms with Gasteiger partial charge in [0.05, 0.1) is 17.6 Å². The Balaban J connectivity index is 1.71. The summed E-state index contributed by atoms with van der Waals surface area (Å²) >= 11 is 0. The molecule has 0 bridgehead atoms. The van der Waals surface area contributed by atoms with Gasteiger partial charge in [0.2, 0.25) is 0 Å². The van der Waals surface area contributed by atoms with Crippen molar-refractivity contribution in [3.8, 4) is 11.7 Å². The molecule has 0 radical (unpaired) electrons. The molecule has 19 heavy (non-hydrogen) atoms. The van der Waals surface area contributed by atoms with Gasteiger partial charge in [0.25, 0.3) is 5.89 Å². The number of nitrogens with one attached hydrogen (secondary N) is 1. The lowest BCUT2D eigenvalue weighted by atomic mass is 10.1. The van der Waals surface area contributed by atoms with E-state index in [9.17, 15) is 0 Å². The second-order valence-electron chi connectivity index (χ2n) is 4.62. The first-order valence-corrected chi connectivity index (χ1v) is 6.26. The number of hydrogen-bond acceptors (Lipinski definition) is 5. The van der Waals surface area contributed by atoms with Crippen LogP contribution in [0.15, 0.2) is 28.8 Å². The first-order valence-electron chi connectivity index (χ1n) is 6.26. The standard InChI is InChI=1S/C13H12N4O2/c1-2-4-10-9(3-1)14-12(15-10)13-16-11(17-19-13)8-5-6-18-7-8/h1-4,8H,5-7H2,(H,14,15)/t8-/m0/s1. The highest BCUT2D eigenvalue weighted by Crippen LogP contribution is 2.25. The second kappa shape index (κ2) is 4.17. The largest absolute Gasteiger partial charge is 0.381 e. The van der Waals surface area contributed by atoms with Crippen molar-refractivity contribution in [3.63, 3.8) is 0 Å². The smallest absolute Gasteiger partial charge is 0.293 e. The number of para-hydroxylation sites is 2. The molecule has 0 unspecified atom stereocenters. The summed E-state index contributed by atoms with van der Waals surface area (Å²) in [6, 6.07) is 7.81. The highest BCUT2D eigenvalue weighted by Gasteiger charge is 2.24. The van der Waals surface area contributed by atoms with Crippen molar-refractivity contribution in [2.24, 2.45) is 0 Å². The van der Waals surface area contributed by atoms with Crippen LogP contribution in [0.2, 0.25) is 0 Å². The third kappa shape index (κ3) is 1.80. The van der Waals surface area contributed by atoms with Gasteiger partial charge in [-0.25, -0.2) is 4.98 Å². The van der Waals surface area contributed by atoms with E-state index < -0.39 is 0 Å². The van der Waals surface area contributed by atoms with Crippen LogP contribution in [0.4, 0.5) is 0 Å². The quantitative estimate of drug-likeness (QED) is 0.760. The third-order valence-corrected chi connectivity index (χ3v) is 3.33. The summed E-state index contributed by atoms with van der Waals surface area (Å²) < 4.78 is 10.6. The molecule has 0 saturated carbocycles. The van der Waals surface area contributed by atoms with E-state index in [-0.39, 0.29) is 5.92 Å². The number of aromatic nitrogens is 4. The van der Waals surface area contributed by atoms with Gasteiger partial charge in [-0.1, -0.05) is 17.3 Å². The lowest BCUT2D eigenvalue weighted by Gasteiger charge is -1.97. The number of rotatable bonds is 2. The minimum Gasteiger partial charge on any atom is -0.381 e. The lowest BCUT2D eigenvalue weighted by Crippen LogP contribution is -1.99. The highest BCUT2D eigenvalue weighted by molar-refractivity contribution is 5.77. The van der Waals surface area contributed by atoms with E-state index in [1.165, 1.54) is 0 Å². The molecule has 3 aromatic rings. The van der Waals surface area contributed by atoms with Crippen LogP contribution in [0.25, 0.3) is 22.7 Å². The maximum atomic E-state index is 5.33. The van der Waals surface area contributed by atoms with Crippen LogP contribution in [0.1, 0.15) is 18.2 Å². The van der Waals surface area contributed by atoms with Crippen molar-refractivity contribution in [2.45, 2.75) is 12.3 Å². The molecule has 0 aliphatic carbocycles. The molecule has 1 N–H and O–H groups in total. The number of imidazole rings is 1. The van der Waals surface area contributed by atoms with Crippen molar-refractivity contribution in [3.05, 3.63) is 30.1 Å². The molecule has 1 saturated heterocycles. The first-order chi connectivity index (χ1) is 9.40. The Hall–Kier alpha value is -2.21. The van der Waals surface area contributed by atoms with Crippen molar-refractivity contribution in [1.29, 1.82) is 0 Å². The fourth-order valence-electron chi connectivity index (χ4n) is 2.29. The fourth-order valence-corrected chi connectivity index (χ4v) is 2.29. The Morgan fingerprint density at radius 2 is 2.16 bits per heavy atom. The minimum atomic E-state index is 0.238. The second-order valence-corrected chi connectivity index (χ2v) is 4.62. The van der Waals surface area contributed by atoms with Crippen molar-refractivity contribution >= 4 is 11.0 Å². The zero-order valence-corrected chi connectivity index (χ0v) is 10.2. The summed E-state index contributed by atoms with van der Waals surface area (Å²) in [5, 5.41) is 4.02. The summed E-state index contributed by atoms with van der Waals surface area (Å²) in [7, 11) is 0. The Kier molecular flexibility index (Phi) is 2.34. The van der Waals surface area contributed by atoms with Gasteiger partial charge in [0.15, 0.2) is 11.6 Å². The monoisotopic (exact) mass is 256 g/mol. The number of nitrogens with zero attached hydrogens (tertiary/aromatic N) is 3. The molecule has 0 spiro atoms. The normalized spacial score (nSPS) is 19.3. The molecule has 6 heteroatoms. The van der Waals surface area contributed by atoms with Crippen LogP contribution in [0.5, 0.6) is 0 Å². The maximum Gasteiger partial charge on any atom is 0.293 e. The van der Waals surface area contributed by atoms with E-state index in [0.717, 1.165) is 24.1 Å². The first kappa shape index (κ1) is 10.7. The fraction of sp³-hybridized carbons (Fsp3) is 0.308. The predicted octanol–water partition coefficient (Wildman–Crippen LogP) is 2.12. The Morgan fingerprint density at radius 3 is 3.00 bits per heavy atom. The average Bonchev–Trinajstić information content (AvgIpc) is 3.17. The molecule has 6 nitrogen and oxygen atoms in total. The van der Waals surface area contributed by atoms with Gasteiger partial charge in [-0.05, 0) is 18.6 Å². The zero-order chi connectivity index (χ0) is 12.7. The molecule has 1 fully saturated rings. The van der Waals surface area contributed by atoms with Crippen LogP contribution in [0.3, 0.4) is 0 Å². The van der Waals surface area contributed by atoms with E-state index >= 15 is 0 Å². The van der Waals surface area contributed by atoms with Crippen molar-refractivity contribution in [1.82, 2.24) is 20.1 Å². The van der Waals surface area contributed by atoms with Gasteiger partial charge in [0, 0.05) is 12.5 Å². The molecular weight excluding hydrogens is 244 g/mol. The number of ether oxygens (including phenoxy) is 1. The lowest BCUT2D eigenvalue weighted by molar-refractivity contribution is 0.192. The van der Waals surface area contributed by atoms with E-state index in [1.54, 1.807) is 0 Å². The van der Waals surface area contributed by atoms with E-state index in [1.807, 2.05) is 24.3 Å². The zero-order valence-electron chi connectivity index (χ0n) is 10.2. The Labute approximate surface area is 108 Å². The van der Waals surface area contributed by atoms with Crippen LogP contribution >= 0.6 is 0 Å². The van der Waals surface area contributed by atoms with Gasteiger partial charge < -0.3 is 14.2 Å². The van der Waals surface area contributed by atoms with Crippen molar-refractivity contribution < 1.29 is 9.26 Å². The SMILES string of the molecule is c1ccc2[nH]c(-c3nc([C@H]4CCOC4)no3)nc2c1. The van der Waals surface area contributed by atoms with Crippen LogP contribution in [0, 0.1) is 0 Å². The molecule has 1 aromatic carbocycles. The van der Waals surface area contributed by atoms with Gasteiger partial charge in [0.1, 0.15) is 0 Å². The number of hydrogen-bond donors (Lipinski definition) is 1. The number of aromatic amines is 1. The van der Waals surface area contributed by atoms with Crippen LogP contribution in [-0.2, 0) is 4.74 Å². The van der Waals surface area contributed by atoms with Crippen molar-refractivity contribution in [2.75, 3.05) is 13.2 Å².